The van der Waals surface area contributed by atoms with Gasteiger partial charge in [0.1, 0.15) is 12.7 Å². The van der Waals surface area contributed by atoms with Crippen LogP contribution in [0.4, 0.5) is 5.69 Å². The van der Waals surface area contributed by atoms with Crippen LogP contribution in [-0.2, 0) is 9.84 Å². The molecule has 1 saturated heterocycles. The Bertz CT molecular complexity index is 1130. The molecular weight excluding hydrogens is 380 g/mol. The molecule has 10 heteroatoms. The topological polar surface area (TPSA) is 112 Å². The van der Waals surface area contributed by atoms with Crippen molar-refractivity contribution in [1.82, 2.24) is 24.5 Å². The number of benzene rings is 1. The third-order valence-electron chi connectivity index (χ3n) is 4.94. The van der Waals surface area contributed by atoms with Crippen LogP contribution in [0.3, 0.4) is 0 Å². The Balaban J connectivity index is 1.58. The molecule has 9 nitrogen and oxygen atoms in total. The number of anilines is 1. The Morgan fingerprint density at radius 3 is 2.64 bits per heavy atom. The summed E-state index contributed by atoms with van der Waals surface area (Å²) in [5.41, 5.74) is 3.29. The van der Waals surface area contributed by atoms with E-state index in [0.29, 0.717) is 23.4 Å². The second-order valence-corrected chi connectivity index (χ2v) is 9.15. The van der Waals surface area contributed by atoms with Crippen LogP contribution < -0.4 is 5.32 Å². The Hall–Kier alpha value is -3.01. The lowest BCUT2D eigenvalue weighted by Crippen LogP contribution is -2.15. The zero-order chi connectivity index (χ0) is 19.9. The van der Waals surface area contributed by atoms with Crippen LogP contribution >= 0.6 is 0 Å². The van der Waals surface area contributed by atoms with Gasteiger partial charge in [-0.2, -0.15) is 5.10 Å². The van der Waals surface area contributed by atoms with E-state index in [2.05, 4.69) is 20.6 Å². The lowest BCUT2D eigenvalue weighted by atomic mass is 10.1. The van der Waals surface area contributed by atoms with Crippen LogP contribution in [0.2, 0.25) is 0 Å². The number of amides is 1. The fourth-order valence-corrected chi connectivity index (χ4v) is 5.19. The quantitative estimate of drug-likeness (QED) is 0.713. The molecule has 1 N–H and O–H groups in total. The predicted octanol–water partition coefficient (Wildman–Crippen LogP) is 1.69. The number of hydrogen-bond acceptors (Lipinski definition) is 6. The highest BCUT2D eigenvalue weighted by Gasteiger charge is 2.31. The highest BCUT2D eigenvalue weighted by Crippen LogP contribution is 2.29. The van der Waals surface area contributed by atoms with Gasteiger partial charge in [-0.25, -0.2) is 8.42 Å². The van der Waals surface area contributed by atoms with Crippen molar-refractivity contribution in [3.63, 3.8) is 0 Å². The normalized spacial score (nSPS) is 18.3. The van der Waals surface area contributed by atoms with E-state index in [0.717, 1.165) is 11.4 Å². The van der Waals surface area contributed by atoms with Crippen LogP contribution in [0.15, 0.2) is 36.9 Å². The SMILES string of the molecule is Cc1nn(C2CCS(=O)(=O)C2)c(C)c1NC(=O)c1cccc(-n2cnnc2)c1. The summed E-state index contributed by atoms with van der Waals surface area (Å²) in [6.45, 7) is 3.64. The van der Waals surface area contributed by atoms with E-state index in [-0.39, 0.29) is 23.5 Å². The van der Waals surface area contributed by atoms with Gasteiger partial charge in [0.15, 0.2) is 9.84 Å². The third kappa shape index (κ3) is 3.42. The van der Waals surface area contributed by atoms with Crippen LogP contribution in [0, 0.1) is 13.8 Å². The standard InChI is InChI=1S/C18H20N6O3S/c1-12-17(13(2)24(22-12)16-6-7-28(26,27)9-16)21-18(25)14-4-3-5-15(8-14)23-10-19-20-11-23/h3-5,8,10-11,16H,6-7,9H2,1-2H3,(H,21,25). The van der Waals surface area contributed by atoms with Gasteiger partial charge in [0, 0.05) is 11.3 Å². The second-order valence-electron chi connectivity index (χ2n) is 6.92. The number of aryl methyl sites for hydroxylation is 1. The zero-order valence-electron chi connectivity index (χ0n) is 15.5. The molecule has 1 aliphatic rings. The maximum absolute atomic E-state index is 12.8. The largest absolute Gasteiger partial charge is 0.319 e. The van der Waals surface area contributed by atoms with E-state index < -0.39 is 9.84 Å². The molecular formula is C18H20N6O3S. The first-order chi connectivity index (χ1) is 13.3. The van der Waals surface area contributed by atoms with Gasteiger partial charge in [-0.05, 0) is 38.5 Å². The van der Waals surface area contributed by atoms with Crippen molar-refractivity contribution in [1.29, 1.82) is 0 Å². The van der Waals surface area contributed by atoms with Crippen molar-refractivity contribution in [2.75, 3.05) is 16.8 Å². The summed E-state index contributed by atoms with van der Waals surface area (Å²) in [6.07, 6.45) is 3.66. The highest BCUT2D eigenvalue weighted by atomic mass is 32.2. The van der Waals surface area contributed by atoms with Gasteiger partial charge in [0.25, 0.3) is 5.91 Å². The first-order valence-corrected chi connectivity index (χ1v) is 10.7. The van der Waals surface area contributed by atoms with E-state index in [9.17, 15) is 13.2 Å². The molecule has 1 fully saturated rings. The smallest absolute Gasteiger partial charge is 0.255 e. The molecule has 1 atom stereocenters. The molecule has 1 aliphatic heterocycles. The van der Waals surface area contributed by atoms with Crippen LogP contribution in [0.25, 0.3) is 5.69 Å². The Labute approximate surface area is 162 Å². The van der Waals surface area contributed by atoms with Gasteiger partial charge in [0.2, 0.25) is 0 Å². The molecule has 0 saturated carbocycles. The molecule has 146 valence electrons. The number of sulfone groups is 1. The van der Waals surface area contributed by atoms with Gasteiger partial charge >= 0.3 is 0 Å². The van der Waals surface area contributed by atoms with Crippen LogP contribution in [0.1, 0.15) is 34.2 Å². The van der Waals surface area contributed by atoms with Gasteiger partial charge in [-0.1, -0.05) is 6.07 Å². The van der Waals surface area contributed by atoms with Gasteiger partial charge in [-0.15, -0.1) is 10.2 Å². The van der Waals surface area contributed by atoms with Crippen molar-refractivity contribution in [2.45, 2.75) is 26.3 Å². The Kier molecular flexibility index (Phi) is 4.50. The number of hydrogen-bond donors (Lipinski definition) is 1. The maximum atomic E-state index is 12.8. The van der Waals surface area contributed by atoms with Crippen molar-refractivity contribution in [3.8, 4) is 5.69 Å². The number of aromatic nitrogens is 5. The number of rotatable bonds is 4. The fraction of sp³-hybridized carbons (Fsp3) is 0.333. The van der Waals surface area contributed by atoms with Gasteiger partial charge in [-0.3, -0.25) is 14.0 Å². The molecule has 3 heterocycles. The molecule has 0 aliphatic carbocycles. The molecule has 2 aromatic heterocycles. The average molecular weight is 400 g/mol. The number of nitrogens with one attached hydrogen (secondary N) is 1. The van der Waals surface area contributed by atoms with Crippen molar-refractivity contribution in [3.05, 3.63) is 53.9 Å². The van der Waals surface area contributed by atoms with Gasteiger partial charge in [0.05, 0.1) is 34.6 Å². The van der Waals surface area contributed by atoms with E-state index >= 15 is 0 Å². The van der Waals surface area contributed by atoms with Gasteiger partial charge < -0.3 is 5.32 Å². The average Bonchev–Trinajstić information content (AvgIpc) is 3.38. The Morgan fingerprint density at radius 1 is 1.21 bits per heavy atom. The van der Waals surface area contributed by atoms with Crippen molar-refractivity contribution in [2.24, 2.45) is 0 Å². The van der Waals surface area contributed by atoms with E-state index in [1.807, 2.05) is 13.0 Å². The first kappa shape index (κ1) is 18.4. The molecule has 0 radical (unpaired) electrons. The van der Waals surface area contributed by atoms with E-state index in [4.69, 9.17) is 0 Å². The van der Waals surface area contributed by atoms with Crippen LogP contribution in [0.5, 0.6) is 0 Å². The maximum Gasteiger partial charge on any atom is 0.255 e. The minimum Gasteiger partial charge on any atom is -0.319 e. The lowest BCUT2D eigenvalue weighted by Gasteiger charge is -2.12. The molecule has 4 rings (SSSR count). The Morgan fingerprint density at radius 2 is 1.96 bits per heavy atom. The van der Waals surface area contributed by atoms with E-state index in [1.54, 1.807) is 47.0 Å². The summed E-state index contributed by atoms with van der Waals surface area (Å²) in [6, 6.07) is 6.93. The minimum absolute atomic E-state index is 0.0866. The van der Waals surface area contributed by atoms with Crippen LogP contribution in [-0.4, -0.2) is 50.4 Å². The number of carbonyl (C=O) groups excluding carboxylic acids is 1. The minimum atomic E-state index is -3.02. The molecule has 3 aromatic rings. The molecule has 0 spiro atoms. The molecule has 28 heavy (non-hydrogen) atoms. The lowest BCUT2D eigenvalue weighted by molar-refractivity contribution is 0.102. The van der Waals surface area contributed by atoms with Crippen molar-refractivity contribution >= 4 is 21.4 Å². The molecule has 0 bridgehead atoms. The summed E-state index contributed by atoms with van der Waals surface area (Å²) >= 11 is 0. The molecule has 1 aromatic carbocycles. The summed E-state index contributed by atoms with van der Waals surface area (Å²) < 4.78 is 27.0. The fourth-order valence-electron chi connectivity index (χ4n) is 3.50. The van der Waals surface area contributed by atoms with E-state index in [1.165, 1.54) is 0 Å². The molecule has 1 unspecified atom stereocenters. The summed E-state index contributed by atoms with van der Waals surface area (Å²) in [5, 5.41) is 14.9. The zero-order valence-corrected chi connectivity index (χ0v) is 16.3. The third-order valence-corrected chi connectivity index (χ3v) is 6.69. The summed E-state index contributed by atoms with van der Waals surface area (Å²) in [4.78, 5) is 12.8. The number of nitrogens with zero attached hydrogens (tertiary/aromatic N) is 5. The number of carbonyl (C=O) groups is 1. The van der Waals surface area contributed by atoms with Crippen molar-refractivity contribution < 1.29 is 13.2 Å². The monoisotopic (exact) mass is 400 g/mol. The first-order valence-electron chi connectivity index (χ1n) is 8.86. The summed E-state index contributed by atoms with van der Waals surface area (Å²) in [7, 11) is -3.02. The highest BCUT2D eigenvalue weighted by molar-refractivity contribution is 7.91. The summed E-state index contributed by atoms with van der Waals surface area (Å²) in [5.74, 6) is -0.00330. The second kappa shape index (κ2) is 6.86. The molecule has 1 amide bonds. The predicted molar refractivity (Wildman–Crippen MR) is 103 cm³/mol.